The molecule has 4 saturated heterocycles. The SMILES string of the molecule is CC1OCCCC1C(=O)N1[C@@H]2CC[C@H]1CC(NC(=O)C1CN(C(C)C)CCO1)C2. The molecular weight excluding hydrogens is 370 g/mol. The molecule has 0 aromatic carbocycles. The van der Waals surface area contributed by atoms with Crippen LogP contribution in [0.3, 0.4) is 0 Å². The molecule has 7 heteroatoms. The zero-order chi connectivity index (χ0) is 20.5. The number of nitrogens with one attached hydrogen (secondary N) is 1. The minimum Gasteiger partial charge on any atom is -0.378 e. The quantitative estimate of drug-likeness (QED) is 0.766. The number of carbonyl (C=O) groups excluding carboxylic acids is 2. The Morgan fingerprint density at radius 3 is 2.41 bits per heavy atom. The molecule has 4 unspecified atom stereocenters. The number of rotatable bonds is 4. The Hall–Kier alpha value is -1.18. The highest BCUT2D eigenvalue weighted by Crippen LogP contribution is 2.38. The lowest BCUT2D eigenvalue weighted by atomic mass is 9.90. The molecule has 4 rings (SSSR count). The van der Waals surface area contributed by atoms with Crippen molar-refractivity contribution in [3.63, 3.8) is 0 Å². The molecule has 4 heterocycles. The summed E-state index contributed by atoms with van der Waals surface area (Å²) in [6.07, 6.45) is 5.34. The van der Waals surface area contributed by atoms with Gasteiger partial charge in [0, 0.05) is 43.9 Å². The number of hydrogen-bond acceptors (Lipinski definition) is 5. The summed E-state index contributed by atoms with van der Waals surface area (Å²) >= 11 is 0. The maximum Gasteiger partial charge on any atom is 0.250 e. The van der Waals surface area contributed by atoms with Gasteiger partial charge in [-0.3, -0.25) is 14.5 Å². The summed E-state index contributed by atoms with van der Waals surface area (Å²) < 4.78 is 11.5. The van der Waals surface area contributed by atoms with Crippen molar-refractivity contribution in [1.29, 1.82) is 0 Å². The molecule has 0 saturated carbocycles. The van der Waals surface area contributed by atoms with Crippen molar-refractivity contribution in [3.8, 4) is 0 Å². The van der Waals surface area contributed by atoms with E-state index in [1.807, 2.05) is 6.92 Å². The summed E-state index contributed by atoms with van der Waals surface area (Å²) in [5, 5.41) is 3.24. The molecule has 29 heavy (non-hydrogen) atoms. The van der Waals surface area contributed by atoms with Gasteiger partial charge < -0.3 is 19.7 Å². The highest BCUT2D eigenvalue weighted by atomic mass is 16.5. The molecule has 164 valence electrons. The summed E-state index contributed by atoms with van der Waals surface area (Å²) in [6.45, 7) is 9.26. The lowest BCUT2D eigenvalue weighted by Crippen LogP contribution is -2.58. The molecule has 1 N–H and O–H groups in total. The van der Waals surface area contributed by atoms with Crippen LogP contribution in [0.5, 0.6) is 0 Å². The number of carbonyl (C=O) groups is 2. The van der Waals surface area contributed by atoms with Gasteiger partial charge in [-0.2, -0.15) is 0 Å². The van der Waals surface area contributed by atoms with Crippen LogP contribution in [-0.2, 0) is 19.1 Å². The van der Waals surface area contributed by atoms with Crippen LogP contribution in [0, 0.1) is 5.92 Å². The molecular formula is C22H37N3O4. The highest BCUT2D eigenvalue weighted by Gasteiger charge is 2.46. The van der Waals surface area contributed by atoms with Crippen LogP contribution < -0.4 is 5.32 Å². The van der Waals surface area contributed by atoms with Crippen LogP contribution in [0.1, 0.15) is 59.3 Å². The highest BCUT2D eigenvalue weighted by molar-refractivity contribution is 5.82. The first kappa shape index (κ1) is 21.1. The van der Waals surface area contributed by atoms with E-state index in [1.165, 1.54) is 0 Å². The fraction of sp³-hybridized carbons (Fsp3) is 0.909. The molecule has 0 radical (unpaired) electrons. The van der Waals surface area contributed by atoms with E-state index < -0.39 is 0 Å². The minimum atomic E-state index is -0.385. The lowest BCUT2D eigenvalue weighted by molar-refractivity contribution is -0.149. The second-order valence-corrected chi connectivity index (χ2v) is 9.58. The molecule has 0 spiro atoms. The van der Waals surface area contributed by atoms with E-state index in [0.29, 0.717) is 19.2 Å². The molecule has 4 aliphatic rings. The van der Waals surface area contributed by atoms with Crippen molar-refractivity contribution in [1.82, 2.24) is 15.1 Å². The number of nitrogens with zero attached hydrogens (tertiary/aromatic N) is 2. The second-order valence-electron chi connectivity index (χ2n) is 9.58. The number of ether oxygens (including phenoxy) is 2. The predicted octanol–water partition coefficient (Wildman–Crippen LogP) is 1.55. The predicted molar refractivity (Wildman–Crippen MR) is 109 cm³/mol. The molecule has 4 fully saturated rings. The van der Waals surface area contributed by atoms with Crippen molar-refractivity contribution in [2.75, 3.05) is 26.3 Å². The molecule has 0 aliphatic carbocycles. The van der Waals surface area contributed by atoms with Gasteiger partial charge in [0.15, 0.2) is 0 Å². The normalized spacial score (nSPS) is 38.3. The summed E-state index contributed by atoms with van der Waals surface area (Å²) in [5.41, 5.74) is 0. The van der Waals surface area contributed by atoms with Crippen molar-refractivity contribution in [3.05, 3.63) is 0 Å². The summed E-state index contributed by atoms with van der Waals surface area (Å²) in [7, 11) is 0. The molecule has 6 atom stereocenters. The van der Waals surface area contributed by atoms with Gasteiger partial charge >= 0.3 is 0 Å². The van der Waals surface area contributed by atoms with Gasteiger partial charge in [-0.05, 0) is 59.3 Å². The van der Waals surface area contributed by atoms with E-state index in [0.717, 1.165) is 51.7 Å². The van der Waals surface area contributed by atoms with Gasteiger partial charge in [0.05, 0.1) is 18.6 Å². The van der Waals surface area contributed by atoms with Crippen molar-refractivity contribution in [2.24, 2.45) is 5.92 Å². The Balaban J connectivity index is 1.33. The molecule has 0 aromatic heterocycles. The Morgan fingerprint density at radius 1 is 1.03 bits per heavy atom. The first-order chi connectivity index (χ1) is 13.9. The molecule has 0 aromatic rings. The third-order valence-corrected chi connectivity index (χ3v) is 7.38. The maximum atomic E-state index is 13.2. The van der Waals surface area contributed by atoms with Gasteiger partial charge in [0.1, 0.15) is 6.10 Å². The van der Waals surface area contributed by atoms with Crippen LogP contribution in [0.2, 0.25) is 0 Å². The first-order valence-electron chi connectivity index (χ1n) is 11.5. The van der Waals surface area contributed by atoms with E-state index in [-0.39, 0.29) is 48.1 Å². The largest absolute Gasteiger partial charge is 0.378 e. The first-order valence-corrected chi connectivity index (χ1v) is 11.5. The number of piperidine rings is 1. The number of fused-ring (bicyclic) bond motifs is 2. The Morgan fingerprint density at radius 2 is 1.76 bits per heavy atom. The van der Waals surface area contributed by atoms with Gasteiger partial charge in [-0.1, -0.05) is 0 Å². The van der Waals surface area contributed by atoms with Crippen LogP contribution in [0.25, 0.3) is 0 Å². The van der Waals surface area contributed by atoms with E-state index in [1.54, 1.807) is 0 Å². The van der Waals surface area contributed by atoms with E-state index in [2.05, 4.69) is 29.0 Å². The van der Waals surface area contributed by atoms with Crippen molar-refractivity contribution in [2.45, 2.75) is 95.7 Å². The van der Waals surface area contributed by atoms with Gasteiger partial charge in [0.25, 0.3) is 5.91 Å². The molecule has 4 aliphatic heterocycles. The third kappa shape index (κ3) is 4.47. The number of hydrogen-bond donors (Lipinski definition) is 1. The number of amides is 2. The van der Waals surface area contributed by atoms with Crippen molar-refractivity contribution < 1.29 is 19.1 Å². The summed E-state index contributed by atoms with van der Waals surface area (Å²) in [6, 6.07) is 1.06. The topological polar surface area (TPSA) is 71.1 Å². The Kier molecular flexibility index (Phi) is 6.47. The Labute approximate surface area is 174 Å². The fourth-order valence-corrected chi connectivity index (χ4v) is 5.68. The van der Waals surface area contributed by atoms with Crippen LogP contribution in [-0.4, -0.2) is 84.3 Å². The van der Waals surface area contributed by atoms with Gasteiger partial charge in [0.2, 0.25) is 5.91 Å². The number of morpholine rings is 1. The van der Waals surface area contributed by atoms with E-state index in [9.17, 15) is 9.59 Å². The zero-order valence-corrected chi connectivity index (χ0v) is 18.1. The maximum absolute atomic E-state index is 13.2. The fourth-order valence-electron chi connectivity index (χ4n) is 5.68. The summed E-state index contributed by atoms with van der Waals surface area (Å²) in [5.74, 6) is 0.280. The van der Waals surface area contributed by atoms with E-state index >= 15 is 0 Å². The minimum absolute atomic E-state index is 0.00403. The second kappa shape index (κ2) is 8.90. The van der Waals surface area contributed by atoms with Gasteiger partial charge in [-0.25, -0.2) is 0 Å². The standard InChI is InChI=1S/C22H37N3O4/c1-14(2)24-8-10-29-20(13-24)21(26)23-16-11-17-6-7-18(12-16)25(17)22(27)19-5-4-9-28-15(19)3/h14-20H,4-13H2,1-3H3,(H,23,26)/t15?,16?,17-,18+,19?,20?. The summed E-state index contributed by atoms with van der Waals surface area (Å²) in [4.78, 5) is 30.5. The molecule has 7 nitrogen and oxygen atoms in total. The van der Waals surface area contributed by atoms with Crippen LogP contribution >= 0.6 is 0 Å². The lowest BCUT2D eigenvalue weighted by Gasteiger charge is -2.43. The zero-order valence-electron chi connectivity index (χ0n) is 18.1. The smallest absolute Gasteiger partial charge is 0.250 e. The molecule has 2 amide bonds. The third-order valence-electron chi connectivity index (χ3n) is 7.38. The molecule has 2 bridgehead atoms. The van der Waals surface area contributed by atoms with Crippen molar-refractivity contribution >= 4 is 11.8 Å². The van der Waals surface area contributed by atoms with Gasteiger partial charge in [-0.15, -0.1) is 0 Å². The van der Waals surface area contributed by atoms with Crippen LogP contribution in [0.4, 0.5) is 0 Å². The monoisotopic (exact) mass is 407 g/mol. The van der Waals surface area contributed by atoms with Crippen LogP contribution in [0.15, 0.2) is 0 Å². The average Bonchev–Trinajstić information content (AvgIpc) is 2.98. The average molecular weight is 408 g/mol. The van der Waals surface area contributed by atoms with E-state index in [4.69, 9.17) is 9.47 Å². The Bertz CT molecular complexity index is 599.